The van der Waals surface area contributed by atoms with Gasteiger partial charge in [0.15, 0.2) is 11.5 Å². The number of alkyl halides is 1. The van der Waals surface area contributed by atoms with Crippen LogP contribution in [0.4, 0.5) is 5.82 Å². The maximum atomic E-state index is 11.5. The van der Waals surface area contributed by atoms with Crippen molar-refractivity contribution in [2.24, 2.45) is 0 Å². The normalized spacial score (nSPS) is 20.4. The Kier molecular flexibility index (Phi) is 2.52. The lowest BCUT2D eigenvalue weighted by Crippen LogP contribution is -2.26. The lowest BCUT2D eigenvalue weighted by atomic mass is 10.4. The molecule has 0 radical (unpaired) electrons. The van der Waals surface area contributed by atoms with Gasteiger partial charge in [0.2, 0.25) is 5.91 Å². The number of carbonyl (C=O) groups is 1. The largest absolute Gasteiger partial charge is 0.293 e. The van der Waals surface area contributed by atoms with E-state index in [0.29, 0.717) is 12.4 Å². The van der Waals surface area contributed by atoms with Crippen LogP contribution < -0.4 is 4.90 Å². The molecule has 2 heterocycles. The van der Waals surface area contributed by atoms with Crippen molar-refractivity contribution in [2.45, 2.75) is 11.8 Å². The quantitative estimate of drug-likeness (QED) is 0.656. The second-order valence-electron chi connectivity index (χ2n) is 3.15. The number of hydrogen-bond donors (Lipinski definition) is 0. The summed E-state index contributed by atoms with van der Waals surface area (Å²) in [6.07, 6.45) is 3.15. The number of amides is 1. The highest BCUT2D eigenvalue weighted by molar-refractivity contribution is 6.24. The van der Waals surface area contributed by atoms with E-state index in [-0.39, 0.29) is 23.4 Å². The van der Waals surface area contributed by atoms with Crippen molar-refractivity contribution in [2.75, 3.05) is 11.4 Å². The number of halogens is 1. The van der Waals surface area contributed by atoms with Gasteiger partial charge in [-0.05, 0) is 0 Å². The first kappa shape index (κ1) is 9.87. The van der Waals surface area contributed by atoms with E-state index in [4.69, 9.17) is 16.9 Å². The van der Waals surface area contributed by atoms with Crippen molar-refractivity contribution in [3.8, 4) is 6.07 Å². The monoisotopic (exact) mass is 222 g/mol. The minimum atomic E-state index is -0.217. The van der Waals surface area contributed by atoms with Crippen molar-refractivity contribution >= 4 is 23.3 Å². The Hall–Kier alpha value is -1.67. The molecule has 0 spiro atoms. The van der Waals surface area contributed by atoms with Gasteiger partial charge in [-0.25, -0.2) is 9.97 Å². The van der Waals surface area contributed by atoms with Gasteiger partial charge in [0.1, 0.15) is 6.07 Å². The predicted molar refractivity (Wildman–Crippen MR) is 53.4 cm³/mol. The van der Waals surface area contributed by atoms with Gasteiger partial charge < -0.3 is 0 Å². The second-order valence-corrected chi connectivity index (χ2v) is 3.76. The van der Waals surface area contributed by atoms with Gasteiger partial charge in [-0.2, -0.15) is 5.26 Å². The molecular formula is C9H7ClN4O. The highest BCUT2D eigenvalue weighted by Crippen LogP contribution is 2.23. The minimum absolute atomic E-state index is 0.119. The fourth-order valence-electron chi connectivity index (χ4n) is 1.48. The van der Waals surface area contributed by atoms with E-state index in [1.165, 1.54) is 17.3 Å². The van der Waals surface area contributed by atoms with E-state index in [0.717, 1.165) is 0 Å². The fourth-order valence-corrected chi connectivity index (χ4v) is 1.75. The van der Waals surface area contributed by atoms with Crippen molar-refractivity contribution in [1.29, 1.82) is 5.26 Å². The Morgan fingerprint density at radius 3 is 2.87 bits per heavy atom. The highest BCUT2D eigenvalue weighted by Gasteiger charge is 2.31. The fraction of sp³-hybridized carbons (Fsp3) is 0.333. The number of nitrogens with zero attached hydrogens (tertiary/aromatic N) is 4. The molecule has 1 fully saturated rings. The van der Waals surface area contributed by atoms with Crippen LogP contribution >= 0.6 is 11.6 Å². The van der Waals surface area contributed by atoms with Crippen LogP contribution in [-0.4, -0.2) is 27.8 Å². The molecule has 2 rings (SSSR count). The number of hydrogen-bond acceptors (Lipinski definition) is 4. The predicted octanol–water partition coefficient (Wildman–Crippen LogP) is 0.692. The molecule has 15 heavy (non-hydrogen) atoms. The molecule has 1 aromatic heterocycles. The molecule has 0 saturated carbocycles. The van der Waals surface area contributed by atoms with Gasteiger partial charge >= 0.3 is 0 Å². The Labute approximate surface area is 91.3 Å². The van der Waals surface area contributed by atoms with E-state index >= 15 is 0 Å². The Morgan fingerprint density at radius 2 is 2.27 bits per heavy atom. The Balaban J connectivity index is 2.38. The third-order valence-electron chi connectivity index (χ3n) is 2.12. The summed E-state index contributed by atoms with van der Waals surface area (Å²) in [5.41, 5.74) is 0.150. The summed E-state index contributed by atoms with van der Waals surface area (Å²) in [7, 11) is 0. The maximum absolute atomic E-state index is 11.5. The Bertz CT molecular complexity index is 442. The molecule has 6 heteroatoms. The first-order chi connectivity index (χ1) is 7.22. The number of rotatable bonds is 1. The molecule has 1 amide bonds. The van der Waals surface area contributed by atoms with Crippen LogP contribution in [0.3, 0.4) is 0 Å². The highest BCUT2D eigenvalue weighted by atomic mass is 35.5. The third-order valence-corrected chi connectivity index (χ3v) is 2.41. The van der Waals surface area contributed by atoms with Gasteiger partial charge in [0, 0.05) is 25.4 Å². The molecule has 0 bridgehead atoms. The van der Waals surface area contributed by atoms with Crippen LogP contribution in [0.2, 0.25) is 0 Å². The molecular weight excluding hydrogens is 216 g/mol. The average molecular weight is 223 g/mol. The van der Waals surface area contributed by atoms with Gasteiger partial charge in [-0.15, -0.1) is 11.6 Å². The standard InChI is InChI=1S/C9H7ClN4O/c10-6-3-8(15)14(5-6)9-7(4-11)12-1-2-13-9/h1-2,6H,3,5H2. The molecule has 0 N–H and O–H groups in total. The number of aromatic nitrogens is 2. The summed E-state index contributed by atoms with van der Waals surface area (Å²) >= 11 is 5.85. The number of carbonyl (C=O) groups excluding carboxylic acids is 1. The lowest BCUT2D eigenvalue weighted by molar-refractivity contribution is -0.117. The first-order valence-electron chi connectivity index (χ1n) is 4.38. The van der Waals surface area contributed by atoms with Crippen LogP contribution in [0.25, 0.3) is 0 Å². The van der Waals surface area contributed by atoms with Gasteiger partial charge in [0.05, 0.1) is 5.38 Å². The SMILES string of the molecule is N#Cc1nccnc1N1CC(Cl)CC1=O. The zero-order valence-electron chi connectivity index (χ0n) is 7.72. The van der Waals surface area contributed by atoms with Gasteiger partial charge in [-0.3, -0.25) is 9.69 Å². The van der Waals surface area contributed by atoms with Crippen LogP contribution in [0.15, 0.2) is 12.4 Å². The van der Waals surface area contributed by atoms with Crippen LogP contribution in [0.5, 0.6) is 0 Å². The third kappa shape index (κ3) is 1.76. The van der Waals surface area contributed by atoms with E-state index in [2.05, 4.69) is 9.97 Å². The average Bonchev–Trinajstić information content (AvgIpc) is 2.57. The van der Waals surface area contributed by atoms with Gasteiger partial charge in [-0.1, -0.05) is 0 Å². The van der Waals surface area contributed by atoms with E-state index in [1.54, 1.807) is 0 Å². The van der Waals surface area contributed by atoms with Crippen LogP contribution in [-0.2, 0) is 4.79 Å². The first-order valence-corrected chi connectivity index (χ1v) is 4.81. The molecule has 1 saturated heterocycles. The van der Waals surface area contributed by atoms with E-state index in [1.807, 2.05) is 6.07 Å². The number of anilines is 1. The molecule has 76 valence electrons. The molecule has 1 aliphatic rings. The maximum Gasteiger partial charge on any atom is 0.229 e. The summed E-state index contributed by atoms with van der Waals surface area (Å²) in [5, 5.41) is 8.59. The Morgan fingerprint density at radius 1 is 1.53 bits per heavy atom. The van der Waals surface area contributed by atoms with Crippen LogP contribution in [0.1, 0.15) is 12.1 Å². The zero-order chi connectivity index (χ0) is 10.8. The second kappa shape index (κ2) is 3.83. The lowest BCUT2D eigenvalue weighted by Gasteiger charge is -2.14. The van der Waals surface area contributed by atoms with Crippen LogP contribution in [0, 0.1) is 11.3 Å². The zero-order valence-corrected chi connectivity index (χ0v) is 8.48. The number of nitriles is 1. The van der Waals surface area contributed by atoms with E-state index < -0.39 is 0 Å². The summed E-state index contributed by atoms with van der Waals surface area (Å²) in [6.45, 7) is 0.383. The molecule has 1 aliphatic heterocycles. The summed E-state index contributed by atoms with van der Waals surface area (Å²) in [4.78, 5) is 20.7. The molecule has 0 aliphatic carbocycles. The smallest absolute Gasteiger partial charge is 0.229 e. The van der Waals surface area contributed by atoms with E-state index in [9.17, 15) is 4.79 Å². The topological polar surface area (TPSA) is 69.9 Å². The minimum Gasteiger partial charge on any atom is -0.293 e. The van der Waals surface area contributed by atoms with Crippen molar-refractivity contribution < 1.29 is 4.79 Å². The molecule has 1 unspecified atom stereocenters. The summed E-state index contributed by atoms with van der Waals surface area (Å²) in [6, 6.07) is 1.90. The molecule has 0 aromatic carbocycles. The molecule has 1 aromatic rings. The van der Waals surface area contributed by atoms with Crippen molar-refractivity contribution in [3.63, 3.8) is 0 Å². The van der Waals surface area contributed by atoms with Crippen molar-refractivity contribution in [1.82, 2.24) is 9.97 Å². The summed E-state index contributed by atoms with van der Waals surface area (Å²) < 4.78 is 0. The molecule has 1 atom stereocenters. The van der Waals surface area contributed by atoms with Crippen molar-refractivity contribution in [3.05, 3.63) is 18.1 Å². The molecule has 5 nitrogen and oxygen atoms in total. The summed E-state index contributed by atoms with van der Waals surface area (Å²) in [5.74, 6) is 0.181. The van der Waals surface area contributed by atoms with Gasteiger partial charge in [0.25, 0.3) is 0 Å².